The molecule has 4 rings (SSSR count). The quantitative estimate of drug-likeness (QED) is 0.398. The molecular weight excluding hydrogens is 280 g/mol. The Kier molecular flexibility index (Phi) is 3.57. The van der Waals surface area contributed by atoms with Gasteiger partial charge >= 0.3 is 0 Å². The Labute approximate surface area is 135 Å². The van der Waals surface area contributed by atoms with E-state index in [-0.39, 0.29) is 0 Å². The molecule has 0 aliphatic carbocycles. The molecule has 2 heteroatoms. The minimum Gasteiger partial charge on any atom is -0.184 e. The molecule has 0 atom stereocenters. The lowest BCUT2D eigenvalue weighted by atomic mass is 10.1. The van der Waals surface area contributed by atoms with E-state index >= 15 is 0 Å². The Morgan fingerprint density at radius 3 is 1.91 bits per heavy atom. The summed E-state index contributed by atoms with van der Waals surface area (Å²) in [6.07, 6.45) is 0. The smallest absolute Gasteiger partial charge is 0.0859 e. The van der Waals surface area contributed by atoms with Crippen molar-refractivity contribution in [3.63, 3.8) is 0 Å². The minimum absolute atomic E-state index is 0.595. The van der Waals surface area contributed by atoms with Crippen LogP contribution in [0.4, 0.5) is 5.69 Å². The second-order valence-electron chi connectivity index (χ2n) is 5.61. The van der Waals surface area contributed by atoms with Gasteiger partial charge in [0, 0.05) is 0 Å². The van der Waals surface area contributed by atoms with Crippen LogP contribution >= 0.6 is 0 Å². The predicted molar refractivity (Wildman–Crippen MR) is 96.1 cm³/mol. The zero-order valence-corrected chi connectivity index (χ0v) is 12.7. The summed E-state index contributed by atoms with van der Waals surface area (Å²) in [4.78, 5) is 0. The molecule has 0 heterocycles. The Morgan fingerprint density at radius 1 is 0.565 bits per heavy atom. The van der Waals surface area contributed by atoms with Crippen LogP contribution in [0.1, 0.15) is 5.56 Å². The first kappa shape index (κ1) is 13.6. The van der Waals surface area contributed by atoms with Gasteiger partial charge in [0.1, 0.15) is 0 Å². The molecule has 4 aromatic rings. The highest BCUT2D eigenvalue weighted by molar-refractivity contribution is 5.85. The number of benzene rings is 4. The summed E-state index contributed by atoms with van der Waals surface area (Å²) < 4.78 is 0. The Balaban J connectivity index is 1.55. The van der Waals surface area contributed by atoms with Gasteiger partial charge in [-0.05, 0) is 45.3 Å². The zero-order chi connectivity index (χ0) is 15.5. The van der Waals surface area contributed by atoms with Gasteiger partial charge in [0.15, 0.2) is 0 Å². The van der Waals surface area contributed by atoms with Gasteiger partial charge in [-0.3, -0.25) is 0 Å². The van der Waals surface area contributed by atoms with Crippen LogP contribution in [0.15, 0.2) is 95.2 Å². The molecule has 0 N–H and O–H groups in total. The molecule has 0 radical (unpaired) electrons. The molecule has 4 aromatic carbocycles. The summed E-state index contributed by atoms with van der Waals surface area (Å²) in [6, 6.07) is 29.2. The van der Waals surface area contributed by atoms with E-state index in [4.69, 9.17) is 0 Å². The number of fused-ring (bicyclic) bond motifs is 2. The molecule has 0 fully saturated rings. The number of nitrogens with zero attached hydrogens (tertiary/aromatic N) is 2. The van der Waals surface area contributed by atoms with Crippen molar-refractivity contribution in [2.75, 3.05) is 0 Å². The van der Waals surface area contributed by atoms with E-state index in [1.54, 1.807) is 0 Å². The first-order valence-corrected chi connectivity index (χ1v) is 7.72. The van der Waals surface area contributed by atoms with Crippen molar-refractivity contribution in [3.05, 3.63) is 90.5 Å². The lowest BCUT2D eigenvalue weighted by Crippen LogP contribution is -1.81. The van der Waals surface area contributed by atoms with Crippen molar-refractivity contribution in [3.8, 4) is 0 Å². The molecule has 0 saturated heterocycles. The molecule has 110 valence electrons. The van der Waals surface area contributed by atoms with Crippen molar-refractivity contribution in [1.29, 1.82) is 0 Å². The fourth-order valence-corrected chi connectivity index (χ4v) is 2.77. The topological polar surface area (TPSA) is 24.7 Å². The standard InChI is InChI=1S/C21H16N2/c1-3-7-19-13-16(9-10-17(19)5-1)15-22-23-21-12-11-18-6-2-4-8-20(18)14-21/h1-14H,15H2. The van der Waals surface area contributed by atoms with Crippen LogP contribution in [0.25, 0.3) is 21.5 Å². The van der Waals surface area contributed by atoms with Crippen molar-refractivity contribution in [2.24, 2.45) is 10.2 Å². The minimum atomic E-state index is 0.595. The maximum Gasteiger partial charge on any atom is 0.0859 e. The molecule has 0 aliphatic rings. The summed E-state index contributed by atoms with van der Waals surface area (Å²) in [7, 11) is 0. The Morgan fingerprint density at radius 2 is 1.17 bits per heavy atom. The van der Waals surface area contributed by atoms with Gasteiger partial charge in [0.2, 0.25) is 0 Å². The van der Waals surface area contributed by atoms with E-state index in [1.165, 1.54) is 27.1 Å². The number of azo groups is 1. The molecule has 0 aromatic heterocycles. The van der Waals surface area contributed by atoms with Gasteiger partial charge in [-0.15, -0.1) is 0 Å². The average Bonchev–Trinajstić information content (AvgIpc) is 2.61. The first-order chi connectivity index (χ1) is 11.4. The van der Waals surface area contributed by atoms with Gasteiger partial charge in [-0.2, -0.15) is 10.2 Å². The number of rotatable bonds is 3. The Bertz CT molecular complexity index is 1000. The molecule has 0 bridgehead atoms. The fourth-order valence-electron chi connectivity index (χ4n) is 2.77. The van der Waals surface area contributed by atoms with E-state index in [9.17, 15) is 0 Å². The second kappa shape index (κ2) is 6.01. The monoisotopic (exact) mass is 296 g/mol. The normalized spacial score (nSPS) is 11.5. The summed E-state index contributed by atoms with van der Waals surface area (Å²) >= 11 is 0. The van der Waals surface area contributed by atoms with Gasteiger partial charge < -0.3 is 0 Å². The van der Waals surface area contributed by atoms with Crippen molar-refractivity contribution >= 4 is 27.2 Å². The number of hydrogen-bond acceptors (Lipinski definition) is 2. The third-order valence-corrected chi connectivity index (χ3v) is 3.99. The van der Waals surface area contributed by atoms with Gasteiger partial charge in [-0.1, -0.05) is 66.7 Å². The van der Waals surface area contributed by atoms with Crippen molar-refractivity contribution in [2.45, 2.75) is 6.54 Å². The van der Waals surface area contributed by atoms with Crippen molar-refractivity contribution in [1.82, 2.24) is 0 Å². The third-order valence-electron chi connectivity index (χ3n) is 3.99. The highest BCUT2D eigenvalue weighted by Crippen LogP contribution is 2.22. The van der Waals surface area contributed by atoms with E-state index in [2.05, 4.69) is 77.0 Å². The van der Waals surface area contributed by atoms with E-state index < -0.39 is 0 Å². The van der Waals surface area contributed by atoms with Crippen molar-refractivity contribution < 1.29 is 0 Å². The first-order valence-electron chi connectivity index (χ1n) is 7.72. The molecule has 0 aliphatic heterocycles. The second-order valence-corrected chi connectivity index (χ2v) is 5.61. The van der Waals surface area contributed by atoms with Crippen LogP contribution in [0.2, 0.25) is 0 Å². The molecule has 0 unspecified atom stereocenters. The maximum absolute atomic E-state index is 4.36. The average molecular weight is 296 g/mol. The molecule has 2 nitrogen and oxygen atoms in total. The van der Waals surface area contributed by atoms with Crippen LogP contribution < -0.4 is 0 Å². The lowest BCUT2D eigenvalue weighted by Gasteiger charge is -2.01. The van der Waals surface area contributed by atoms with Gasteiger partial charge in [0.05, 0.1) is 12.2 Å². The van der Waals surface area contributed by atoms with E-state index in [1.807, 2.05) is 18.2 Å². The maximum atomic E-state index is 4.36. The fraction of sp³-hybridized carbons (Fsp3) is 0.0476. The summed E-state index contributed by atoms with van der Waals surface area (Å²) in [5.74, 6) is 0. The lowest BCUT2D eigenvalue weighted by molar-refractivity contribution is 0.962. The highest BCUT2D eigenvalue weighted by atomic mass is 15.1. The van der Waals surface area contributed by atoms with Crippen LogP contribution in [-0.2, 0) is 6.54 Å². The molecule has 0 spiro atoms. The van der Waals surface area contributed by atoms with Gasteiger partial charge in [0.25, 0.3) is 0 Å². The van der Waals surface area contributed by atoms with Crippen LogP contribution in [0.5, 0.6) is 0 Å². The highest BCUT2D eigenvalue weighted by Gasteiger charge is 1.97. The van der Waals surface area contributed by atoms with Crippen LogP contribution in [-0.4, -0.2) is 0 Å². The summed E-state index contributed by atoms with van der Waals surface area (Å²) in [5.41, 5.74) is 2.07. The summed E-state index contributed by atoms with van der Waals surface area (Å²) in [5, 5.41) is 13.6. The zero-order valence-electron chi connectivity index (χ0n) is 12.7. The van der Waals surface area contributed by atoms with Gasteiger partial charge in [-0.25, -0.2) is 0 Å². The largest absolute Gasteiger partial charge is 0.184 e. The third kappa shape index (κ3) is 2.97. The SMILES string of the molecule is c1ccc2cc(CN=Nc3ccc4ccccc4c3)ccc2c1. The molecule has 0 amide bonds. The predicted octanol–water partition coefficient (Wildman–Crippen LogP) is 6.28. The van der Waals surface area contributed by atoms with Crippen LogP contribution in [0, 0.1) is 0 Å². The van der Waals surface area contributed by atoms with Crippen LogP contribution in [0.3, 0.4) is 0 Å². The molecule has 23 heavy (non-hydrogen) atoms. The molecular formula is C21H16N2. The number of hydrogen-bond donors (Lipinski definition) is 0. The van der Waals surface area contributed by atoms with E-state index in [0.29, 0.717) is 6.54 Å². The van der Waals surface area contributed by atoms with E-state index in [0.717, 1.165) is 5.69 Å². The molecule has 0 saturated carbocycles. The Hall–Kier alpha value is -3.00. The summed E-state index contributed by atoms with van der Waals surface area (Å²) in [6.45, 7) is 0.595.